The number of hydrogen-bond donors (Lipinski definition) is 4. The molecule has 34 heavy (non-hydrogen) atoms. The molecule has 10 nitrogen and oxygen atoms in total. The van der Waals surface area contributed by atoms with Gasteiger partial charge in [-0.3, -0.25) is 5.10 Å². The zero-order chi connectivity index (χ0) is 24.3. The minimum absolute atomic E-state index is 0.157. The maximum atomic E-state index is 11.9. The first-order valence-corrected chi connectivity index (χ1v) is 12.4. The maximum Gasteiger partial charge on any atom is 0.229 e. The van der Waals surface area contributed by atoms with Crippen LogP contribution in [0.2, 0.25) is 0 Å². The second-order valence-electron chi connectivity index (χ2n) is 7.87. The SMILES string of the molecule is Cc1nc(-c2cnc(Nc3ccc(S(C)(=O)=O)c(C)c3)nc2N[C@H](CO)c2ccccc2)n[nH]1. The van der Waals surface area contributed by atoms with E-state index in [2.05, 4.69) is 35.8 Å². The van der Waals surface area contributed by atoms with Crippen molar-refractivity contribution in [2.45, 2.75) is 24.8 Å². The lowest BCUT2D eigenvalue weighted by Gasteiger charge is -2.19. The van der Waals surface area contributed by atoms with Gasteiger partial charge in [0.05, 0.1) is 23.1 Å². The molecular weight excluding hydrogens is 454 g/mol. The summed E-state index contributed by atoms with van der Waals surface area (Å²) in [7, 11) is -3.32. The van der Waals surface area contributed by atoms with E-state index in [1.807, 2.05) is 30.3 Å². The Balaban J connectivity index is 1.69. The monoisotopic (exact) mass is 479 g/mol. The number of aromatic nitrogens is 5. The number of nitrogens with one attached hydrogen (secondary N) is 3. The zero-order valence-corrected chi connectivity index (χ0v) is 19.8. The number of anilines is 3. The minimum atomic E-state index is -3.32. The third-order valence-electron chi connectivity index (χ3n) is 5.15. The molecule has 2 aromatic heterocycles. The van der Waals surface area contributed by atoms with Crippen LogP contribution in [0.3, 0.4) is 0 Å². The molecule has 0 spiro atoms. The van der Waals surface area contributed by atoms with Crippen molar-refractivity contribution in [2.75, 3.05) is 23.5 Å². The second kappa shape index (κ2) is 9.57. The summed E-state index contributed by atoms with van der Waals surface area (Å²) in [5.41, 5.74) is 2.71. The molecule has 4 aromatic rings. The molecule has 0 aliphatic heterocycles. The van der Waals surface area contributed by atoms with Crippen LogP contribution in [0.15, 0.2) is 59.6 Å². The number of sulfone groups is 1. The smallest absolute Gasteiger partial charge is 0.229 e. The van der Waals surface area contributed by atoms with Gasteiger partial charge >= 0.3 is 0 Å². The van der Waals surface area contributed by atoms with Crippen LogP contribution in [-0.4, -0.2) is 51.5 Å². The number of H-pyrrole nitrogens is 1. The van der Waals surface area contributed by atoms with E-state index in [4.69, 9.17) is 0 Å². The van der Waals surface area contributed by atoms with Crippen molar-refractivity contribution in [1.82, 2.24) is 25.1 Å². The molecule has 0 aliphatic carbocycles. The predicted molar refractivity (Wildman–Crippen MR) is 130 cm³/mol. The molecule has 2 heterocycles. The summed E-state index contributed by atoms with van der Waals surface area (Å²) >= 11 is 0. The third kappa shape index (κ3) is 5.21. The van der Waals surface area contributed by atoms with Crippen LogP contribution < -0.4 is 10.6 Å². The fourth-order valence-electron chi connectivity index (χ4n) is 3.54. The Labute approximate surface area is 197 Å². The predicted octanol–water partition coefficient (Wildman–Crippen LogP) is 3.17. The summed E-state index contributed by atoms with van der Waals surface area (Å²) in [4.78, 5) is 13.6. The number of nitrogens with zero attached hydrogens (tertiary/aromatic N) is 4. The van der Waals surface area contributed by atoms with E-state index in [0.717, 1.165) is 5.56 Å². The van der Waals surface area contributed by atoms with E-state index >= 15 is 0 Å². The van der Waals surface area contributed by atoms with Crippen LogP contribution in [0.4, 0.5) is 17.5 Å². The van der Waals surface area contributed by atoms with Crippen LogP contribution in [0.1, 0.15) is 23.0 Å². The van der Waals surface area contributed by atoms with E-state index < -0.39 is 15.9 Å². The molecule has 1 atom stereocenters. The fraction of sp³-hybridized carbons (Fsp3) is 0.217. The summed E-state index contributed by atoms with van der Waals surface area (Å²) in [6.45, 7) is 3.37. The number of aryl methyl sites for hydroxylation is 2. The summed E-state index contributed by atoms with van der Waals surface area (Å²) in [5.74, 6) is 1.79. The molecule has 4 N–H and O–H groups in total. The first-order chi connectivity index (χ1) is 16.2. The normalized spacial score (nSPS) is 12.4. The van der Waals surface area contributed by atoms with E-state index in [9.17, 15) is 13.5 Å². The van der Waals surface area contributed by atoms with Crippen molar-refractivity contribution < 1.29 is 13.5 Å². The van der Waals surface area contributed by atoms with Crippen molar-refractivity contribution in [3.05, 3.63) is 71.7 Å². The highest BCUT2D eigenvalue weighted by molar-refractivity contribution is 7.90. The summed E-state index contributed by atoms with van der Waals surface area (Å²) in [6, 6.07) is 14.0. The van der Waals surface area contributed by atoms with E-state index in [0.29, 0.717) is 34.3 Å². The highest BCUT2D eigenvalue weighted by Crippen LogP contribution is 2.29. The van der Waals surface area contributed by atoms with Crippen molar-refractivity contribution in [1.29, 1.82) is 0 Å². The molecule has 0 radical (unpaired) electrons. The molecule has 4 rings (SSSR count). The van der Waals surface area contributed by atoms with Gasteiger partial charge in [0.2, 0.25) is 5.95 Å². The first kappa shape index (κ1) is 23.3. The molecule has 0 bridgehead atoms. The molecule has 0 amide bonds. The number of rotatable bonds is 8. The zero-order valence-electron chi connectivity index (χ0n) is 18.9. The van der Waals surface area contributed by atoms with Crippen LogP contribution in [0.5, 0.6) is 0 Å². The summed E-state index contributed by atoms with van der Waals surface area (Å²) < 4.78 is 23.8. The topological polar surface area (TPSA) is 146 Å². The van der Waals surface area contributed by atoms with Gasteiger partial charge in [-0.2, -0.15) is 10.1 Å². The van der Waals surface area contributed by atoms with Gasteiger partial charge in [0.25, 0.3) is 0 Å². The van der Waals surface area contributed by atoms with E-state index in [1.165, 1.54) is 6.26 Å². The molecule has 11 heteroatoms. The van der Waals surface area contributed by atoms with Gasteiger partial charge in [-0.25, -0.2) is 18.4 Å². The average Bonchev–Trinajstić information content (AvgIpc) is 3.23. The Morgan fingerprint density at radius 2 is 1.85 bits per heavy atom. The van der Waals surface area contributed by atoms with Gasteiger partial charge in [0.15, 0.2) is 15.7 Å². The standard InChI is InChI=1S/C23H25N7O3S/c1-14-11-17(9-10-20(14)34(3,32)33)26-23-24-12-18(22-25-15(2)29-30-22)21(28-23)27-19(13-31)16-7-5-4-6-8-16/h4-12,19,31H,13H2,1-3H3,(H,25,29,30)(H2,24,26,27,28)/t19-/m1/s1. The van der Waals surface area contributed by atoms with Crippen molar-refractivity contribution in [3.63, 3.8) is 0 Å². The number of hydrogen-bond acceptors (Lipinski definition) is 9. The Kier molecular flexibility index (Phi) is 6.57. The fourth-order valence-corrected chi connectivity index (χ4v) is 4.49. The van der Waals surface area contributed by atoms with E-state index in [-0.39, 0.29) is 17.5 Å². The molecule has 0 aliphatic rings. The molecular formula is C23H25N7O3S. The quantitative estimate of drug-likeness (QED) is 0.299. The number of aliphatic hydroxyl groups is 1. The lowest BCUT2D eigenvalue weighted by Crippen LogP contribution is -2.17. The molecule has 0 fully saturated rings. The van der Waals surface area contributed by atoms with Crippen molar-refractivity contribution in [3.8, 4) is 11.4 Å². The lowest BCUT2D eigenvalue weighted by molar-refractivity contribution is 0.276. The second-order valence-corrected chi connectivity index (χ2v) is 9.85. The number of aliphatic hydroxyl groups excluding tert-OH is 1. The van der Waals surface area contributed by atoms with Crippen molar-refractivity contribution in [2.24, 2.45) is 0 Å². The Morgan fingerprint density at radius 1 is 1.09 bits per heavy atom. The van der Waals surface area contributed by atoms with Crippen LogP contribution in [0.25, 0.3) is 11.4 Å². The summed E-state index contributed by atoms with van der Waals surface area (Å²) in [5, 5.41) is 23.4. The maximum absolute atomic E-state index is 11.9. The van der Waals surface area contributed by atoms with Crippen LogP contribution in [0, 0.1) is 13.8 Å². The Bertz CT molecular complexity index is 1410. The molecule has 176 valence electrons. The third-order valence-corrected chi connectivity index (χ3v) is 6.41. The van der Waals surface area contributed by atoms with Gasteiger partial charge in [-0.1, -0.05) is 30.3 Å². The summed E-state index contributed by atoms with van der Waals surface area (Å²) in [6.07, 6.45) is 2.77. The molecule has 0 saturated heterocycles. The van der Waals surface area contributed by atoms with Gasteiger partial charge in [0.1, 0.15) is 11.6 Å². The average molecular weight is 480 g/mol. The van der Waals surface area contributed by atoms with Gasteiger partial charge in [-0.05, 0) is 43.2 Å². The number of benzene rings is 2. The molecule has 0 saturated carbocycles. The number of aromatic amines is 1. The first-order valence-electron chi connectivity index (χ1n) is 10.5. The largest absolute Gasteiger partial charge is 0.394 e. The van der Waals surface area contributed by atoms with Crippen molar-refractivity contribution >= 4 is 27.3 Å². The highest BCUT2D eigenvalue weighted by Gasteiger charge is 2.18. The Hall–Kier alpha value is -3.83. The highest BCUT2D eigenvalue weighted by atomic mass is 32.2. The van der Waals surface area contributed by atoms with Crippen LogP contribution in [-0.2, 0) is 9.84 Å². The van der Waals surface area contributed by atoms with Gasteiger partial charge < -0.3 is 15.7 Å². The molecule has 2 aromatic carbocycles. The Morgan fingerprint density at radius 3 is 2.47 bits per heavy atom. The van der Waals surface area contributed by atoms with E-state index in [1.54, 1.807) is 38.2 Å². The van der Waals surface area contributed by atoms with Gasteiger partial charge in [-0.15, -0.1) is 0 Å². The van der Waals surface area contributed by atoms with Gasteiger partial charge in [0, 0.05) is 18.1 Å². The minimum Gasteiger partial charge on any atom is -0.394 e. The molecule has 0 unspecified atom stereocenters. The van der Waals surface area contributed by atoms with Crippen LogP contribution >= 0.6 is 0 Å². The lowest BCUT2D eigenvalue weighted by atomic mass is 10.1.